The summed E-state index contributed by atoms with van der Waals surface area (Å²) < 4.78 is 5.30. The van der Waals surface area contributed by atoms with Crippen LogP contribution in [0, 0.1) is 11.3 Å². The van der Waals surface area contributed by atoms with Crippen molar-refractivity contribution >= 4 is 17.5 Å². The van der Waals surface area contributed by atoms with Gasteiger partial charge in [0.15, 0.2) is 0 Å². The fourth-order valence-electron chi connectivity index (χ4n) is 2.77. The number of pyridine rings is 1. The summed E-state index contributed by atoms with van der Waals surface area (Å²) in [5.74, 6) is -0.644. The van der Waals surface area contributed by atoms with Crippen molar-refractivity contribution in [1.29, 1.82) is 5.26 Å². The van der Waals surface area contributed by atoms with E-state index in [0.29, 0.717) is 36.6 Å². The molecule has 1 aliphatic heterocycles. The normalized spacial score (nSPS) is 14.1. The van der Waals surface area contributed by atoms with Gasteiger partial charge in [-0.2, -0.15) is 5.26 Å². The molecule has 2 N–H and O–H groups in total. The first kappa shape index (κ1) is 19.5. The van der Waals surface area contributed by atoms with Crippen LogP contribution in [0.5, 0.6) is 0 Å². The van der Waals surface area contributed by atoms with Crippen molar-refractivity contribution in [1.82, 2.24) is 15.2 Å². The highest BCUT2D eigenvalue weighted by molar-refractivity contribution is 6.05. The van der Waals surface area contributed by atoms with E-state index in [1.54, 1.807) is 24.3 Å². The number of rotatable bonds is 6. The number of nitriles is 1. The lowest BCUT2D eigenvalue weighted by Crippen LogP contribution is -2.41. The van der Waals surface area contributed by atoms with Crippen molar-refractivity contribution in [3.63, 3.8) is 0 Å². The Morgan fingerprint density at radius 3 is 2.46 bits per heavy atom. The number of carbonyl (C=O) groups excluding carboxylic acids is 2. The van der Waals surface area contributed by atoms with Crippen molar-refractivity contribution in [3.8, 4) is 6.07 Å². The number of nitrogens with one attached hydrogen (secondary N) is 2. The molecule has 3 rings (SSSR count). The summed E-state index contributed by atoms with van der Waals surface area (Å²) in [5.41, 5.74) is 1.68. The number of benzene rings is 1. The van der Waals surface area contributed by atoms with Crippen LogP contribution in [0.1, 0.15) is 26.3 Å². The number of anilines is 1. The fraction of sp³-hybridized carbons (Fsp3) is 0.300. The predicted molar refractivity (Wildman–Crippen MR) is 103 cm³/mol. The Labute approximate surface area is 163 Å². The number of aromatic nitrogens is 1. The average Bonchev–Trinajstić information content (AvgIpc) is 2.75. The molecule has 28 heavy (non-hydrogen) atoms. The van der Waals surface area contributed by atoms with Gasteiger partial charge in [-0.05, 0) is 30.3 Å². The molecule has 2 heterocycles. The van der Waals surface area contributed by atoms with Crippen LogP contribution >= 0.6 is 0 Å². The van der Waals surface area contributed by atoms with E-state index < -0.39 is 0 Å². The highest BCUT2D eigenvalue weighted by atomic mass is 16.5. The quantitative estimate of drug-likeness (QED) is 0.783. The molecule has 1 aromatic heterocycles. The fourth-order valence-corrected chi connectivity index (χ4v) is 2.77. The van der Waals surface area contributed by atoms with E-state index >= 15 is 0 Å². The highest BCUT2D eigenvalue weighted by Crippen LogP contribution is 2.11. The molecule has 0 saturated carbocycles. The molecule has 0 aliphatic carbocycles. The minimum atomic E-state index is -0.375. The molecular weight excluding hydrogens is 358 g/mol. The van der Waals surface area contributed by atoms with Gasteiger partial charge in [0.2, 0.25) is 0 Å². The zero-order chi connectivity index (χ0) is 19.8. The number of hydrogen-bond donors (Lipinski definition) is 2. The van der Waals surface area contributed by atoms with Crippen molar-refractivity contribution in [2.75, 3.05) is 44.7 Å². The molecule has 0 unspecified atom stereocenters. The lowest BCUT2D eigenvalue weighted by Gasteiger charge is -2.26. The van der Waals surface area contributed by atoms with Crippen molar-refractivity contribution in [3.05, 3.63) is 59.4 Å². The third kappa shape index (κ3) is 5.36. The van der Waals surface area contributed by atoms with Crippen molar-refractivity contribution in [2.24, 2.45) is 0 Å². The maximum atomic E-state index is 12.4. The maximum Gasteiger partial charge on any atom is 0.257 e. The molecule has 1 saturated heterocycles. The molecule has 144 valence electrons. The third-order valence-corrected chi connectivity index (χ3v) is 4.35. The second-order valence-electron chi connectivity index (χ2n) is 6.32. The number of amides is 2. The van der Waals surface area contributed by atoms with Gasteiger partial charge in [0.1, 0.15) is 0 Å². The number of hydrogen-bond acceptors (Lipinski definition) is 6. The Hall–Kier alpha value is -3.28. The molecule has 8 heteroatoms. The van der Waals surface area contributed by atoms with Gasteiger partial charge >= 0.3 is 0 Å². The van der Waals surface area contributed by atoms with Crippen molar-refractivity contribution < 1.29 is 14.3 Å². The Morgan fingerprint density at radius 1 is 1.11 bits per heavy atom. The second kappa shape index (κ2) is 9.60. The topological polar surface area (TPSA) is 107 Å². The highest BCUT2D eigenvalue weighted by Gasteiger charge is 2.13. The Bertz CT molecular complexity index is 870. The first-order valence-corrected chi connectivity index (χ1v) is 9.00. The van der Waals surface area contributed by atoms with Gasteiger partial charge in [0.25, 0.3) is 11.8 Å². The maximum absolute atomic E-state index is 12.4. The number of nitrogens with zero attached hydrogens (tertiary/aromatic N) is 3. The molecule has 0 radical (unpaired) electrons. The standard InChI is InChI=1S/C20H21N5O3/c21-12-15-1-3-18(4-2-15)24-20(27)17-11-16(13-22-14-17)19(26)23-5-6-25-7-9-28-10-8-25/h1-4,11,13-14H,5-10H2,(H,23,26)(H,24,27). The van der Waals surface area contributed by atoms with Gasteiger partial charge in [-0.25, -0.2) is 0 Å². The van der Waals surface area contributed by atoms with Crippen LogP contribution in [-0.4, -0.2) is 61.1 Å². The predicted octanol–water partition coefficient (Wildman–Crippen LogP) is 1.27. The average molecular weight is 379 g/mol. The number of ether oxygens (including phenoxy) is 1. The monoisotopic (exact) mass is 379 g/mol. The van der Waals surface area contributed by atoms with E-state index in [1.165, 1.54) is 18.5 Å². The van der Waals surface area contributed by atoms with Gasteiger partial charge in [-0.1, -0.05) is 0 Å². The van der Waals surface area contributed by atoms with Gasteiger partial charge < -0.3 is 15.4 Å². The Morgan fingerprint density at radius 2 is 1.79 bits per heavy atom. The molecule has 0 atom stereocenters. The van der Waals surface area contributed by atoms with Crippen LogP contribution in [0.15, 0.2) is 42.7 Å². The summed E-state index contributed by atoms with van der Waals surface area (Å²) in [6, 6.07) is 10.1. The number of carbonyl (C=O) groups is 2. The molecule has 0 bridgehead atoms. The van der Waals surface area contributed by atoms with Gasteiger partial charge in [0.05, 0.1) is 36.0 Å². The zero-order valence-electron chi connectivity index (χ0n) is 15.4. The molecular formula is C20H21N5O3. The zero-order valence-corrected chi connectivity index (χ0v) is 15.4. The summed E-state index contributed by atoms with van der Waals surface area (Å²) in [4.78, 5) is 31.0. The minimum Gasteiger partial charge on any atom is -0.379 e. The summed E-state index contributed by atoms with van der Waals surface area (Å²) in [5, 5.41) is 14.4. The van der Waals surface area contributed by atoms with E-state index in [1.807, 2.05) is 6.07 Å². The van der Waals surface area contributed by atoms with Gasteiger partial charge in [-0.3, -0.25) is 19.5 Å². The van der Waals surface area contributed by atoms with Crippen LogP contribution in [0.4, 0.5) is 5.69 Å². The lowest BCUT2D eigenvalue weighted by atomic mass is 10.1. The summed E-state index contributed by atoms with van der Waals surface area (Å²) in [6.07, 6.45) is 2.84. The molecule has 1 fully saturated rings. The van der Waals surface area contributed by atoms with Crippen LogP contribution in [0.3, 0.4) is 0 Å². The summed E-state index contributed by atoms with van der Waals surface area (Å²) in [6.45, 7) is 4.43. The lowest BCUT2D eigenvalue weighted by molar-refractivity contribution is 0.0383. The van der Waals surface area contributed by atoms with Crippen LogP contribution < -0.4 is 10.6 Å². The van der Waals surface area contributed by atoms with Crippen LogP contribution in [-0.2, 0) is 4.74 Å². The van der Waals surface area contributed by atoms with E-state index in [2.05, 4.69) is 20.5 Å². The molecule has 1 aromatic carbocycles. The largest absolute Gasteiger partial charge is 0.379 e. The molecule has 0 spiro atoms. The first-order chi connectivity index (χ1) is 13.7. The van der Waals surface area contributed by atoms with Crippen LogP contribution in [0.2, 0.25) is 0 Å². The summed E-state index contributed by atoms with van der Waals surface area (Å²) in [7, 11) is 0. The van der Waals surface area contributed by atoms with Crippen molar-refractivity contribution in [2.45, 2.75) is 0 Å². The van der Waals surface area contributed by atoms with Crippen LogP contribution in [0.25, 0.3) is 0 Å². The van der Waals surface area contributed by atoms with Gasteiger partial charge in [0, 0.05) is 44.3 Å². The molecule has 1 aliphatic rings. The second-order valence-corrected chi connectivity index (χ2v) is 6.32. The van der Waals surface area contributed by atoms with E-state index in [9.17, 15) is 9.59 Å². The van der Waals surface area contributed by atoms with E-state index in [4.69, 9.17) is 10.00 Å². The summed E-state index contributed by atoms with van der Waals surface area (Å²) >= 11 is 0. The SMILES string of the molecule is N#Cc1ccc(NC(=O)c2cncc(C(=O)NCCN3CCOCC3)c2)cc1. The Balaban J connectivity index is 1.55. The minimum absolute atomic E-state index is 0.270. The molecule has 8 nitrogen and oxygen atoms in total. The van der Waals surface area contributed by atoms with Gasteiger partial charge in [-0.15, -0.1) is 0 Å². The molecule has 2 amide bonds. The van der Waals surface area contributed by atoms with E-state index in [-0.39, 0.29) is 17.4 Å². The molecule has 2 aromatic rings. The smallest absolute Gasteiger partial charge is 0.257 e. The Kier molecular flexibility index (Phi) is 6.68. The first-order valence-electron chi connectivity index (χ1n) is 9.00. The van der Waals surface area contributed by atoms with E-state index in [0.717, 1.165) is 19.6 Å². The third-order valence-electron chi connectivity index (χ3n) is 4.35. The number of morpholine rings is 1.